The van der Waals surface area contributed by atoms with Gasteiger partial charge < -0.3 is 10.6 Å². The lowest BCUT2D eigenvalue weighted by Crippen LogP contribution is -2.32. The predicted octanol–water partition coefficient (Wildman–Crippen LogP) is 1.01. The summed E-state index contributed by atoms with van der Waals surface area (Å²) in [5, 5.41) is 13.9. The molecule has 7 nitrogen and oxygen atoms in total. The highest BCUT2D eigenvalue weighted by atomic mass is 32.2. The largest absolute Gasteiger partial charge is 0.338 e. The van der Waals surface area contributed by atoms with E-state index in [-0.39, 0.29) is 12.3 Å². The van der Waals surface area contributed by atoms with E-state index in [9.17, 15) is 13.2 Å². The Hall–Kier alpha value is -2.11. The first kappa shape index (κ1) is 16.9. The number of nitrogens with zero attached hydrogens (tertiary/aromatic N) is 1. The molecule has 114 valence electrons. The highest BCUT2D eigenvalue weighted by molar-refractivity contribution is 7.89. The second kappa shape index (κ2) is 8.24. The normalized spacial score (nSPS) is 10.7. The zero-order chi connectivity index (χ0) is 15.7. The van der Waals surface area contributed by atoms with Gasteiger partial charge in [-0.3, -0.25) is 0 Å². The molecule has 0 aliphatic carbocycles. The molecule has 2 amide bonds. The van der Waals surface area contributed by atoms with Crippen molar-refractivity contribution in [2.45, 2.75) is 13.3 Å². The van der Waals surface area contributed by atoms with Crippen LogP contribution in [0.3, 0.4) is 0 Å². The van der Waals surface area contributed by atoms with Gasteiger partial charge in [0, 0.05) is 18.8 Å². The number of carbonyl (C=O) groups excluding carboxylic acids is 1. The van der Waals surface area contributed by atoms with Gasteiger partial charge in [-0.1, -0.05) is 6.07 Å². The molecule has 1 aromatic carbocycles. The van der Waals surface area contributed by atoms with Gasteiger partial charge in [0.25, 0.3) is 0 Å². The van der Waals surface area contributed by atoms with E-state index in [1.54, 1.807) is 31.2 Å². The van der Waals surface area contributed by atoms with Crippen molar-refractivity contribution >= 4 is 21.7 Å². The Labute approximate surface area is 124 Å². The molecule has 8 heteroatoms. The lowest BCUT2D eigenvalue weighted by Gasteiger charge is -2.08. The SMILES string of the molecule is CCS(=O)(=O)NCCCNC(=O)Nc1cccc(C#N)c1. The molecule has 0 aromatic heterocycles. The van der Waals surface area contributed by atoms with Crippen molar-refractivity contribution in [3.63, 3.8) is 0 Å². The number of amides is 2. The average molecular weight is 310 g/mol. The Balaban J connectivity index is 2.27. The Morgan fingerprint density at radius 2 is 2.10 bits per heavy atom. The number of benzene rings is 1. The number of carbonyl (C=O) groups is 1. The maximum atomic E-state index is 11.6. The zero-order valence-electron chi connectivity index (χ0n) is 11.7. The molecule has 0 fully saturated rings. The van der Waals surface area contributed by atoms with Crippen molar-refractivity contribution in [3.05, 3.63) is 29.8 Å². The summed E-state index contributed by atoms with van der Waals surface area (Å²) in [4.78, 5) is 11.6. The van der Waals surface area contributed by atoms with E-state index in [0.717, 1.165) is 0 Å². The summed E-state index contributed by atoms with van der Waals surface area (Å²) in [5.74, 6) is 0.0378. The summed E-state index contributed by atoms with van der Waals surface area (Å²) in [6, 6.07) is 8.14. The van der Waals surface area contributed by atoms with Crippen molar-refractivity contribution in [3.8, 4) is 6.07 Å². The molecule has 1 aromatic rings. The van der Waals surface area contributed by atoms with Crippen molar-refractivity contribution < 1.29 is 13.2 Å². The highest BCUT2D eigenvalue weighted by Gasteiger charge is 2.05. The molecule has 0 aliphatic rings. The topological polar surface area (TPSA) is 111 Å². The van der Waals surface area contributed by atoms with Crippen LogP contribution in [0.15, 0.2) is 24.3 Å². The van der Waals surface area contributed by atoms with Gasteiger partial charge >= 0.3 is 6.03 Å². The van der Waals surface area contributed by atoms with Gasteiger partial charge in [-0.15, -0.1) is 0 Å². The molecule has 1 rings (SSSR count). The lowest BCUT2D eigenvalue weighted by molar-refractivity contribution is 0.252. The predicted molar refractivity (Wildman–Crippen MR) is 80.3 cm³/mol. The molecule has 0 bridgehead atoms. The Bertz CT molecular complexity index is 623. The van der Waals surface area contributed by atoms with Crippen LogP contribution >= 0.6 is 0 Å². The number of nitriles is 1. The van der Waals surface area contributed by atoms with Gasteiger partial charge in [0.15, 0.2) is 0 Å². The second-order valence-electron chi connectivity index (χ2n) is 4.22. The number of anilines is 1. The smallest absolute Gasteiger partial charge is 0.319 e. The van der Waals surface area contributed by atoms with E-state index < -0.39 is 16.1 Å². The summed E-state index contributed by atoms with van der Waals surface area (Å²) in [7, 11) is -3.19. The van der Waals surface area contributed by atoms with Crippen molar-refractivity contribution in [1.82, 2.24) is 10.0 Å². The van der Waals surface area contributed by atoms with Gasteiger partial charge in [-0.2, -0.15) is 5.26 Å². The lowest BCUT2D eigenvalue weighted by atomic mass is 10.2. The van der Waals surface area contributed by atoms with Crippen LogP contribution in [0, 0.1) is 11.3 Å². The Morgan fingerprint density at radius 1 is 1.33 bits per heavy atom. The molecule has 0 saturated carbocycles. The van der Waals surface area contributed by atoms with Crippen molar-refractivity contribution in [1.29, 1.82) is 5.26 Å². The molecule has 0 saturated heterocycles. The van der Waals surface area contributed by atoms with Crippen LogP contribution in [0.2, 0.25) is 0 Å². The quantitative estimate of drug-likeness (QED) is 0.652. The van der Waals surface area contributed by atoms with Gasteiger partial charge in [0.1, 0.15) is 0 Å². The third kappa shape index (κ3) is 6.74. The van der Waals surface area contributed by atoms with Gasteiger partial charge in [-0.05, 0) is 31.5 Å². The van der Waals surface area contributed by atoms with Crippen LogP contribution in [0.4, 0.5) is 10.5 Å². The van der Waals surface area contributed by atoms with Crippen LogP contribution in [-0.2, 0) is 10.0 Å². The van der Waals surface area contributed by atoms with Crippen LogP contribution in [0.5, 0.6) is 0 Å². The van der Waals surface area contributed by atoms with E-state index >= 15 is 0 Å². The minimum atomic E-state index is -3.19. The molecule has 0 atom stereocenters. The van der Waals surface area contributed by atoms with E-state index in [0.29, 0.717) is 24.2 Å². The number of rotatable bonds is 7. The van der Waals surface area contributed by atoms with Gasteiger partial charge in [0.2, 0.25) is 10.0 Å². The molecular weight excluding hydrogens is 292 g/mol. The third-order valence-electron chi connectivity index (χ3n) is 2.59. The number of hydrogen-bond acceptors (Lipinski definition) is 4. The van der Waals surface area contributed by atoms with E-state index in [1.165, 1.54) is 0 Å². The first-order valence-electron chi connectivity index (χ1n) is 6.49. The Kier molecular flexibility index (Phi) is 6.65. The maximum absolute atomic E-state index is 11.6. The fourth-order valence-corrected chi connectivity index (χ4v) is 2.12. The number of urea groups is 1. The van der Waals surface area contributed by atoms with Gasteiger partial charge in [0.05, 0.1) is 17.4 Å². The molecule has 3 N–H and O–H groups in total. The van der Waals surface area contributed by atoms with Gasteiger partial charge in [-0.25, -0.2) is 17.9 Å². The fourth-order valence-electron chi connectivity index (χ4n) is 1.46. The first-order chi connectivity index (χ1) is 9.96. The molecule has 0 aliphatic heterocycles. The average Bonchev–Trinajstić information content (AvgIpc) is 2.47. The highest BCUT2D eigenvalue weighted by Crippen LogP contribution is 2.09. The third-order valence-corrected chi connectivity index (χ3v) is 3.99. The Morgan fingerprint density at radius 3 is 2.76 bits per heavy atom. The van der Waals surface area contributed by atoms with Crippen molar-refractivity contribution in [2.75, 3.05) is 24.2 Å². The second-order valence-corrected chi connectivity index (χ2v) is 6.32. The maximum Gasteiger partial charge on any atom is 0.319 e. The summed E-state index contributed by atoms with van der Waals surface area (Å²) in [5.41, 5.74) is 0.986. The molecule has 0 spiro atoms. The monoisotopic (exact) mass is 310 g/mol. The number of hydrogen-bond donors (Lipinski definition) is 3. The van der Waals surface area contributed by atoms with Crippen LogP contribution < -0.4 is 15.4 Å². The molecular formula is C13H18N4O3S. The minimum absolute atomic E-state index is 0.0378. The van der Waals surface area contributed by atoms with E-state index in [4.69, 9.17) is 5.26 Å². The first-order valence-corrected chi connectivity index (χ1v) is 8.14. The standard InChI is InChI=1S/C13H18N4O3S/c1-2-21(19,20)16-8-4-7-15-13(18)17-12-6-3-5-11(9-12)10-14/h3,5-6,9,16H,2,4,7-8H2,1H3,(H2,15,17,18). The zero-order valence-corrected chi connectivity index (χ0v) is 12.5. The number of nitrogens with one attached hydrogen (secondary N) is 3. The summed E-state index contributed by atoms with van der Waals surface area (Å²) < 4.78 is 24.7. The molecule has 0 unspecified atom stereocenters. The minimum Gasteiger partial charge on any atom is -0.338 e. The summed E-state index contributed by atoms with van der Waals surface area (Å²) in [6.45, 7) is 2.18. The fraction of sp³-hybridized carbons (Fsp3) is 0.385. The van der Waals surface area contributed by atoms with Crippen molar-refractivity contribution in [2.24, 2.45) is 0 Å². The van der Waals surface area contributed by atoms with E-state index in [2.05, 4.69) is 15.4 Å². The molecule has 21 heavy (non-hydrogen) atoms. The molecule has 0 heterocycles. The van der Waals surface area contributed by atoms with Crippen LogP contribution in [-0.4, -0.2) is 33.3 Å². The van der Waals surface area contributed by atoms with E-state index in [1.807, 2.05) is 6.07 Å². The summed E-state index contributed by atoms with van der Waals surface area (Å²) in [6.07, 6.45) is 0.491. The van der Waals surface area contributed by atoms with Crippen LogP contribution in [0.25, 0.3) is 0 Å². The summed E-state index contributed by atoms with van der Waals surface area (Å²) >= 11 is 0. The van der Waals surface area contributed by atoms with Crippen LogP contribution in [0.1, 0.15) is 18.9 Å². The molecule has 0 radical (unpaired) electrons. The number of sulfonamides is 1.